The summed E-state index contributed by atoms with van der Waals surface area (Å²) in [5, 5.41) is 0. The van der Waals surface area contributed by atoms with Gasteiger partial charge < -0.3 is 4.74 Å². The molecule has 1 heterocycles. The molecule has 0 N–H and O–H groups in total. The average Bonchev–Trinajstić information content (AvgIpc) is 3.25. The van der Waals surface area contributed by atoms with E-state index in [1.54, 1.807) is 0 Å². The van der Waals surface area contributed by atoms with Crippen LogP contribution in [0.2, 0.25) is 0 Å². The number of hydrogen-bond donors (Lipinski definition) is 0. The molecule has 2 rings (SSSR count). The Hall–Kier alpha value is -1.90. The summed E-state index contributed by atoms with van der Waals surface area (Å²) in [4.78, 5) is 23.0. The number of rotatable bonds is 8. The number of unbranched alkanes of at least 4 members (excludes halogenated alkanes) is 5. The fourth-order valence-corrected chi connectivity index (χ4v) is 3.28. The second-order valence-corrected chi connectivity index (χ2v) is 8.70. The number of hydrogen-bond acceptors (Lipinski definition) is 3. The molecule has 0 spiro atoms. The lowest BCUT2D eigenvalue weighted by atomic mass is 9.85. The molecule has 0 bridgehead atoms. The Bertz CT molecular complexity index is 623. The molecule has 0 amide bonds. The summed E-state index contributed by atoms with van der Waals surface area (Å²) >= 11 is 0. The van der Waals surface area contributed by atoms with Crippen molar-refractivity contribution in [3.05, 3.63) is 48.0 Å². The molecular formula is C31H56O3. The molecule has 2 atom stereocenters. The van der Waals surface area contributed by atoms with E-state index < -0.39 is 6.10 Å². The van der Waals surface area contributed by atoms with Crippen LogP contribution in [-0.2, 0) is 19.7 Å². The van der Waals surface area contributed by atoms with Gasteiger partial charge in [0.15, 0.2) is 0 Å². The van der Waals surface area contributed by atoms with Crippen molar-refractivity contribution in [2.24, 2.45) is 5.92 Å². The van der Waals surface area contributed by atoms with Gasteiger partial charge >= 0.3 is 5.97 Å². The molecule has 1 aliphatic heterocycles. The summed E-state index contributed by atoms with van der Waals surface area (Å²) < 4.78 is 5.29. The van der Waals surface area contributed by atoms with Crippen molar-refractivity contribution >= 4 is 11.8 Å². The van der Waals surface area contributed by atoms with Crippen molar-refractivity contribution in [3.63, 3.8) is 0 Å². The summed E-state index contributed by atoms with van der Waals surface area (Å²) in [6.07, 6.45) is 9.86. The molecule has 0 aliphatic carbocycles. The van der Waals surface area contributed by atoms with Crippen LogP contribution in [0.15, 0.2) is 36.9 Å². The smallest absolute Gasteiger partial charge is 0.307 e. The second kappa shape index (κ2) is 22.9. The topological polar surface area (TPSA) is 43.4 Å². The molecule has 0 unspecified atom stereocenters. The Balaban J connectivity index is -0.000000542. The van der Waals surface area contributed by atoms with Crippen LogP contribution in [0.25, 0.3) is 0 Å². The first-order valence-electron chi connectivity index (χ1n) is 13.6. The van der Waals surface area contributed by atoms with Gasteiger partial charge in [0, 0.05) is 0 Å². The largest absolute Gasteiger partial charge is 0.457 e. The second-order valence-electron chi connectivity index (χ2n) is 8.70. The monoisotopic (exact) mass is 476 g/mol. The highest BCUT2D eigenvalue weighted by atomic mass is 16.6. The van der Waals surface area contributed by atoms with Gasteiger partial charge in [-0.05, 0) is 36.3 Å². The molecule has 34 heavy (non-hydrogen) atoms. The number of ketones is 1. The van der Waals surface area contributed by atoms with Gasteiger partial charge in [0.1, 0.15) is 11.9 Å². The van der Waals surface area contributed by atoms with Gasteiger partial charge in [0.2, 0.25) is 0 Å². The van der Waals surface area contributed by atoms with Crippen molar-refractivity contribution in [3.8, 4) is 0 Å². The van der Waals surface area contributed by atoms with Crippen LogP contribution in [0.1, 0.15) is 138 Å². The first-order valence-corrected chi connectivity index (χ1v) is 13.6. The average molecular weight is 477 g/mol. The minimum absolute atomic E-state index is 0.00995. The van der Waals surface area contributed by atoms with E-state index >= 15 is 0 Å². The van der Waals surface area contributed by atoms with E-state index in [0.29, 0.717) is 0 Å². The molecule has 198 valence electrons. The molecule has 3 heteroatoms. The van der Waals surface area contributed by atoms with Crippen LogP contribution in [-0.4, -0.2) is 11.8 Å². The van der Waals surface area contributed by atoms with Gasteiger partial charge in [-0.1, -0.05) is 125 Å². The summed E-state index contributed by atoms with van der Waals surface area (Å²) in [6.45, 7) is 25.9. The Morgan fingerprint density at radius 2 is 1.47 bits per heavy atom. The molecule has 0 saturated carbocycles. The molecule has 0 aromatic heterocycles. The third kappa shape index (κ3) is 15.9. The van der Waals surface area contributed by atoms with E-state index in [4.69, 9.17) is 4.74 Å². The highest BCUT2D eigenvalue weighted by Gasteiger charge is 2.38. The Morgan fingerprint density at radius 1 is 0.971 bits per heavy atom. The standard InChI is InChI=1S/C16H20O3.C9H18.3C2H6/c1-10(17)13-9-14(18)19-15(13)11-5-7-12(8-6-11)16(2,3)4;1-3-5-7-9-8-6-4-2;3*1-2/h5-8,13,15H,9H2,1-4H3;3H,1,4-9H2,2H3;3*1-2H3/t13-,15-;;;;/m1..../s1. The minimum atomic E-state index is -0.418. The predicted octanol–water partition coefficient (Wildman–Crippen LogP) is 9.79. The summed E-state index contributed by atoms with van der Waals surface area (Å²) in [6, 6.07) is 8.00. The summed E-state index contributed by atoms with van der Waals surface area (Å²) in [5.41, 5.74) is 2.21. The van der Waals surface area contributed by atoms with Crippen LogP contribution in [0, 0.1) is 5.92 Å². The molecule has 1 saturated heterocycles. The fourth-order valence-electron chi connectivity index (χ4n) is 3.28. The lowest BCUT2D eigenvalue weighted by Gasteiger charge is -2.21. The fraction of sp³-hybridized carbons (Fsp3) is 0.677. The van der Waals surface area contributed by atoms with Gasteiger partial charge in [-0.3, -0.25) is 9.59 Å². The number of allylic oxidation sites excluding steroid dienone is 1. The van der Waals surface area contributed by atoms with Crippen molar-refractivity contribution in [1.82, 2.24) is 0 Å². The number of carbonyl (C=O) groups is 2. The van der Waals surface area contributed by atoms with Gasteiger partial charge in [0.25, 0.3) is 0 Å². The molecule has 1 aromatic carbocycles. The number of cyclic esters (lactones) is 1. The van der Waals surface area contributed by atoms with Crippen LogP contribution in [0.3, 0.4) is 0 Å². The van der Waals surface area contributed by atoms with E-state index in [1.165, 1.54) is 51.0 Å². The van der Waals surface area contributed by atoms with Crippen LogP contribution in [0.5, 0.6) is 0 Å². The normalized spacial score (nSPS) is 16.0. The predicted molar refractivity (Wildman–Crippen MR) is 150 cm³/mol. The van der Waals surface area contributed by atoms with E-state index in [2.05, 4.69) is 34.3 Å². The van der Waals surface area contributed by atoms with Crippen LogP contribution >= 0.6 is 0 Å². The zero-order valence-corrected chi connectivity index (χ0v) is 24.4. The third-order valence-corrected chi connectivity index (χ3v) is 5.15. The van der Waals surface area contributed by atoms with E-state index in [9.17, 15) is 9.59 Å². The van der Waals surface area contributed by atoms with Crippen molar-refractivity contribution in [2.75, 3.05) is 0 Å². The summed E-state index contributed by atoms with van der Waals surface area (Å²) in [5.74, 6) is -0.617. The maximum absolute atomic E-state index is 11.6. The number of ether oxygens (including phenoxy) is 1. The van der Waals surface area contributed by atoms with E-state index in [1.807, 2.05) is 71.9 Å². The first-order chi connectivity index (χ1) is 16.2. The quantitative estimate of drug-likeness (QED) is 0.213. The Kier molecular flexibility index (Phi) is 24.7. The first kappa shape index (κ1) is 36.7. The maximum atomic E-state index is 11.6. The third-order valence-electron chi connectivity index (χ3n) is 5.15. The van der Waals surface area contributed by atoms with E-state index in [-0.39, 0.29) is 29.5 Å². The van der Waals surface area contributed by atoms with E-state index in [0.717, 1.165) is 5.56 Å². The lowest BCUT2D eigenvalue weighted by Crippen LogP contribution is -2.16. The zero-order valence-electron chi connectivity index (χ0n) is 24.4. The molecular weight excluding hydrogens is 420 g/mol. The van der Waals surface area contributed by atoms with Gasteiger partial charge in [-0.25, -0.2) is 0 Å². The molecule has 1 aromatic rings. The highest BCUT2D eigenvalue weighted by Crippen LogP contribution is 2.36. The Labute approximate surface area is 212 Å². The Morgan fingerprint density at radius 3 is 1.88 bits per heavy atom. The maximum Gasteiger partial charge on any atom is 0.307 e. The van der Waals surface area contributed by atoms with Gasteiger partial charge in [-0.15, -0.1) is 6.58 Å². The van der Waals surface area contributed by atoms with Gasteiger partial charge in [-0.2, -0.15) is 0 Å². The van der Waals surface area contributed by atoms with Crippen molar-refractivity contribution in [1.29, 1.82) is 0 Å². The van der Waals surface area contributed by atoms with Gasteiger partial charge in [0.05, 0.1) is 12.3 Å². The number of Topliss-reactive ketones (excluding diaryl/α,β-unsaturated/α-hetero) is 1. The molecule has 0 radical (unpaired) electrons. The SMILES string of the molecule is C=CCCCCCCC.CC.CC.CC.CC(=O)[C@H]1CC(=O)O[C@@H]1c1ccc(C(C)(C)C)cc1. The van der Waals surface area contributed by atoms with Crippen LogP contribution < -0.4 is 0 Å². The molecule has 1 fully saturated rings. The highest BCUT2D eigenvalue weighted by molar-refractivity contribution is 5.86. The minimum Gasteiger partial charge on any atom is -0.457 e. The number of carbonyl (C=O) groups excluding carboxylic acids is 2. The molecule has 3 nitrogen and oxygen atoms in total. The number of esters is 1. The van der Waals surface area contributed by atoms with Crippen molar-refractivity contribution < 1.29 is 14.3 Å². The number of benzene rings is 1. The molecule has 1 aliphatic rings. The summed E-state index contributed by atoms with van der Waals surface area (Å²) in [7, 11) is 0. The zero-order chi connectivity index (χ0) is 27.2. The lowest BCUT2D eigenvalue weighted by molar-refractivity contribution is -0.141. The van der Waals surface area contributed by atoms with Crippen molar-refractivity contribution in [2.45, 2.75) is 133 Å². The van der Waals surface area contributed by atoms with Crippen LogP contribution in [0.4, 0.5) is 0 Å².